The van der Waals surface area contributed by atoms with E-state index < -0.39 is 0 Å². The van der Waals surface area contributed by atoms with Crippen LogP contribution in [0.2, 0.25) is 0 Å². The molecular weight excluding hydrogens is 244 g/mol. The molecule has 0 saturated carbocycles. The van der Waals surface area contributed by atoms with Crippen LogP contribution in [-0.2, 0) is 4.79 Å². The number of hydrogen-bond acceptors (Lipinski definition) is 4. The molecule has 1 aromatic heterocycles. The van der Waals surface area contributed by atoms with E-state index >= 15 is 0 Å². The Morgan fingerprint density at radius 2 is 2.21 bits per heavy atom. The first-order chi connectivity index (χ1) is 9.11. The molecule has 1 aliphatic rings. The monoisotopic (exact) mass is 262 g/mol. The molecule has 0 unspecified atom stereocenters. The molecule has 2 N–H and O–H groups in total. The number of nitrogens with zero attached hydrogens (tertiary/aromatic N) is 2. The van der Waals surface area contributed by atoms with Gasteiger partial charge in [0.25, 0.3) is 5.91 Å². The van der Waals surface area contributed by atoms with Crippen molar-refractivity contribution in [3.63, 3.8) is 0 Å². The van der Waals surface area contributed by atoms with E-state index in [2.05, 4.69) is 15.6 Å². The van der Waals surface area contributed by atoms with E-state index in [1.165, 1.54) is 6.20 Å². The maximum absolute atomic E-state index is 12.1. The summed E-state index contributed by atoms with van der Waals surface area (Å²) in [7, 11) is 3.55. The number of aromatic nitrogens is 1. The summed E-state index contributed by atoms with van der Waals surface area (Å²) in [6.45, 7) is 1.32. The molecule has 0 aliphatic carbocycles. The lowest BCUT2D eigenvalue weighted by Gasteiger charge is -2.18. The van der Waals surface area contributed by atoms with E-state index in [4.69, 9.17) is 0 Å². The van der Waals surface area contributed by atoms with Gasteiger partial charge in [0.15, 0.2) is 0 Å². The van der Waals surface area contributed by atoms with Crippen molar-refractivity contribution in [2.45, 2.75) is 6.04 Å². The average Bonchev–Trinajstić information content (AvgIpc) is 2.79. The van der Waals surface area contributed by atoms with Crippen molar-refractivity contribution in [1.29, 1.82) is 0 Å². The number of likely N-dealkylation sites (tertiary alicyclic amines) is 1. The second-order valence-electron chi connectivity index (χ2n) is 4.76. The summed E-state index contributed by atoms with van der Waals surface area (Å²) in [5.41, 5.74) is 0.507. The highest BCUT2D eigenvalue weighted by Crippen LogP contribution is 2.16. The van der Waals surface area contributed by atoms with Crippen molar-refractivity contribution >= 4 is 11.8 Å². The van der Waals surface area contributed by atoms with Crippen LogP contribution in [0, 0.1) is 5.92 Å². The Kier molecular flexibility index (Phi) is 4.11. The molecule has 0 aromatic carbocycles. The van der Waals surface area contributed by atoms with Gasteiger partial charge >= 0.3 is 0 Å². The lowest BCUT2D eigenvalue weighted by molar-refractivity contribution is -0.124. The zero-order valence-corrected chi connectivity index (χ0v) is 11.1. The van der Waals surface area contributed by atoms with Crippen LogP contribution in [0.1, 0.15) is 10.4 Å². The molecule has 1 aromatic rings. The molecule has 1 aliphatic heterocycles. The molecule has 2 amide bonds. The molecule has 2 rings (SSSR count). The Hall–Kier alpha value is -1.95. The highest BCUT2D eigenvalue weighted by molar-refractivity contribution is 5.94. The van der Waals surface area contributed by atoms with Gasteiger partial charge in [-0.3, -0.25) is 14.6 Å². The van der Waals surface area contributed by atoms with E-state index in [1.807, 2.05) is 11.9 Å². The molecular formula is C13H18N4O2. The van der Waals surface area contributed by atoms with Gasteiger partial charge in [0.05, 0.1) is 17.5 Å². The first-order valence-electron chi connectivity index (χ1n) is 6.23. The smallest absolute Gasteiger partial charge is 0.253 e. The van der Waals surface area contributed by atoms with E-state index in [0.29, 0.717) is 18.7 Å². The van der Waals surface area contributed by atoms with Gasteiger partial charge in [0, 0.05) is 32.5 Å². The van der Waals surface area contributed by atoms with Crippen LogP contribution >= 0.6 is 0 Å². The second kappa shape index (κ2) is 5.79. The van der Waals surface area contributed by atoms with Gasteiger partial charge in [0.1, 0.15) is 0 Å². The number of carbonyl (C=O) groups excluding carboxylic acids is 2. The number of carbonyl (C=O) groups is 2. The van der Waals surface area contributed by atoms with Gasteiger partial charge in [-0.25, -0.2) is 0 Å². The van der Waals surface area contributed by atoms with Crippen LogP contribution in [0.4, 0.5) is 0 Å². The van der Waals surface area contributed by atoms with Crippen molar-refractivity contribution < 1.29 is 9.59 Å². The number of likely N-dealkylation sites (N-methyl/N-ethyl adjacent to an activating group) is 1. The third kappa shape index (κ3) is 3.08. The summed E-state index contributed by atoms with van der Waals surface area (Å²) >= 11 is 0. The van der Waals surface area contributed by atoms with Crippen molar-refractivity contribution in [1.82, 2.24) is 20.5 Å². The Balaban J connectivity index is 2.05. The van der Waals surface area contributed by atoms with Crippen LogP contribution in [0.15, 0.2) is 24.5 Å². The number of rotatable bonds is 3. The lowest BCUT2D eigenvalue weighted by Crippen LogP contribution is -2.45. The van der Waals surface area contributed by atoms with Gasteiger partial charge in [-0.2, -0.15) is 0 Å². The number of amides is 2. The molecule has 2 atom stereocenters. The first-order valence-corrected chi connectivity index (χ1v) is 6.23. The fraction of sp³-hybridized carbons (Fsp3) is 0.462. The molecule has 1 fully saturated rings. The normalized spacial score (nSPS) is 23.1. The number of nitrogens with one attached hydrogen (secondary N) is 2. The molecule has 0 bridgehead atoms. The fourth-order valence-corrected chi connectivity index (χ4v) is 2.35. The zero-order chi connectivity index (χ0) is 13.8. The largest absolute Gasteiger partial charge is 0.359 e. The van der Waals surface area contributed by atoms with Crippen LogP contribution in [0.5, 0.6) is 0 Å². The highest BCUT2D eigenvalue weighted by Gasteiger charge is 2.36. The van der Waals surface area contributed by atoms with E-state index in [9.17, 15) is 9.59 Å². The molecule has 102 valence electrons. The van der Waals surface area contributed by atoms with Crippen LogP contribution in [0.3, 0.4) is 0 Å². The SMILES string of the molecule is CNC(=O)[C@@H]1CN(C)C[C@@H]1NC(=O)c1cccnc1. The van der Waals surface area contributed by atoms with Crippen molar-refractivity contribution in [2.75, 3.05) is 27.2 Å². The third-order valence-corrected chi connectivity index (χ3v) is 3.33. The van der Waals surface area contributed by atoms with Gasteiger partial charge < -0.3 is 15.5 Å². The molecule has 6 nitrogen and oxygen atoms in total. The van der Waals surface area contributed by atoms with Crippen molar-refractivity contribution in [3.05, 3.63) is 30.1 Å². The molecule has 0 spiro atoms. The van der Waals surface area contributed by atoms with Crippen LogP contribution in [-0.4, -0.2) is 54.9 Å². The molecule has 19 heavy (non-hydrogen) atoms. The summed E-state index contributed by atoms with van der Waals surface area (Å²) in [5.74, 6) is -0.446. The predicted molar refractivity (Wildman–Crippen MR) is 70.5 cm³/mol. The molecule has 0 radical (unpaired) electrons. The van der Waals surface area contributed by atoms with E-state index in [-0.39, 0.29) is 23.8 Å². The van der Waals surface area contributed by atoms with Crippen LogP contribution in [0.25, 0.3) is 0 Å². The quantitative estimate of drug-likeness (QED) is 0.769. The standard InChI is InChI=1S/C13H18N4O2/c1-14-13(19)10-7-17(2)8-11(10)16-12(18)9-4-3-5-15-6-9/h3-6,10-11H,7-8H2,1-2H3,(H,14,19)(H,16,18)/t10-,11+/m1/s1. The minimum absolute atomic E-state index is 0.0409. The Morgan fingerprint density at radius 3 is 2.84 bits per heavy atom. The highest BCUT2D eigenvalue weighted by atomic mass is 16.2. The lowest BCUT2D eigenvalue weighted by atomic mass is 10.0. The second-order valence-corrected chi connectivity index (χ2v) is 4.76. The number of pyridine rings is 1. The van der Waals surface area contributed by atoms with Gasteiger partial charge in [-0.1, -0.05) is 0 Å². The summed E-state index contributed by atoms with van der Waals surface area (Å²) < 4.78 is 0. The first kappa shape index (κ1) is 13.5. The summed E-state index contributed by atoms with van der Waals surface area (Å²) in [5, 5.41) is 5.55. The maximum atomic E-state index is 12.1. The third-order valence-electron chi connectivity index (χ3n) is 3.33. The zero-order valence-electron chi connectivity index (χ0n) is 11.1. The van der Waals surface area contributed by atoms with Gasteiger partial charge in [0.2, 0.25) is 5.91 Å². The van der Waals surface area contributed by atoms with Crippen LogP contribution < -0.4 is 10.6 Å². The van der Waals surface area contributed by atoms with Gasteiger partial charge in [-0.05, 0) is 19.2 Å². The minimum Gasteiger partial charge on any atom is -0.359 e. The molecule has 6 heteroatoms. The number of hydrogen-bond donors (Lipinski definition) is 2. The van der Waals surface area contributed by atoms with E-state index in [1.54, 1.807) is 25.4 Å². The summed E-state index contributed by atoms with van der Waals surface area (Å²) in [6.07, 6.45) is 3.14. The summed E-state index contributed by atoms with van der Waals surface area (Å²) in [4.78, 5) is 29.8. The minimum atomic E-state index is -0.212. The topological polar surface area (TPSA) is 74.3 Å². The Labute approximate surface area is 112 Å². The van der Waals surface area contributed by atoms with E-state index in [0.717, 1.165) is 0 Å². The molecule has 1 saturated heterocycles. The maximum Gasteiger partial charge on any atom is 0.253 e. The average molecular weight is 262 g/mol. The summed E-state index contributed by atoms with van der Waals surface area (Å²) in [6, 6.07) is 3.25. The Bertz CT molecular complexity index is 463. The van der Waals surface area contributed by atoms with Gasteiger partial charge in [-0.15, -0.1) is 0 Å². The van der Waals surface area contributed by atoms with Crippen molar-refractivity contribution in [2.24, 2.45) is 5.92 Å². The predicted octanol–water partition coefficient (Wildman–Crippen LogP) is -0.512. The van der Waals surface area contributed by atoms with Crippen molar-refractivity contribution in [3.8, 4) is 0 Å². The molecule has 2 heterocycles. The Morgan fingerprint density at radius 1 is 1.42 bits per heavy atom. The fourth-order valence-electron chi connectivity index (χ4n) is 2.35.